The lowest BCUT2D eigenvalue weighted by molar-refractivity contribution is -0.113. The van der Waals surface area contributed by atoms with E-state index in [1.54, 1.807) is 86.6 Å². The van der Waals surface area contributed by atoms with Crippen LogP contribution in [0, 0.1) is 20.8 Å². The second-order valence-electron chi connectivity index (χ2n) is 19.3. The fourth-order valence-corrected chi connectivity index (χ4v) is 14.1. The summed E-state index contributed by atoms with van der Waals surface area (Å²) in [5.41, 5.74) is 7.90. The summed E-state index contributed by atoms with van der Waals surface area (Å²) in [5.74, 6) is -0.0874. The lowest BCUT2D eigenvalue weighted by Crippen LogP contribution is -2.40. The van der Waals surface area contributed by atoms with E-state index in [0.29, 0.717) is 24.8 Å². The molecule has 6 aromatic rings. The Bertz CT molecular complexity index is 3180. The summed E-state index contributed by atoms with van der Waals surface area (Å²) in [7, 11) is -11.0. The molecule has 75 heavy (non-hydrogen) atoms. The van der Waals surface area contributed by atoms with Crippen LogP contribution in [-0.4, -0.2) is 86.0 Å². The first-order valence-corrected chi connectivity index (χ1v) is 29.3. The SMILES string of the molecule is CC(=O)C1=CCC(c2ccccc2)N(S(=O)(=O)c2ccc(C)cc2)C1.Cc1ccc(S(=O)(=O)N2CC(C(C)O)=CC[C@@H]2c2ccccc2)cc1.Cc1ccc(S(=O)(=O)N2CC(C(C)O)=CC[C@H]2c2ccccc2)cc1. The molecule has 0 amide bonds. The molecule has 6 aromatic carbocycles. The van der Waals surface area contributed by atoms with E-state index in [9.17, 15) is 40.3 Å². The van der Waals surface area contributed by atoms with Crippen molar-refractivity contribution in [3.05, 3.63) is 232 Å². The minimum Gasteiger partial charge on any atom is -0.389 e. The van der Waals surface area contributed by atoms with Crippen LogP contribution in [-0.2, 0) is 34.9 Å². The monoisotopic (exact) mass is 1070 g/mol. The summed E-state index contributed by atoms with van der Waals surface area (Å²) in [6, 6.07) is 48.6. The van der Waals surface area contributed by atoms with Gasteiger partial charge in [-0.25, -0.2) is 25.3 Å². The minimum atomic E-state index is -3.70. The highest BCUT2D eigenvalue weighted by Crippen LogP contribution is 2.38. The average Bonchev–Trinajstić information content (AvgIpc) is 3.42. The maximum absolute atomic E-state index is 13.3. The van der Waals surface area contributed by atoms with E-state index in [1.807, 2.05) is 130 Å². The van der Waals surface area contributed by atoms with Crippen LogP contribution in [0.3, 0.4) is 0 Å². The number of sulfonamides is 3. The Labute approximate surface area is 444 Å². The Balaban J connectivity index is 0.000000164. The van der Waals surface area contributed by atoms with E-state index >= 15 is 0 Å². The van der Waals surface area contributed by atoms with Gasteiger partial charge < -0.3 is 10.2 Å². The van der Waals surface area contributed by atoms with Gasteiger partial charge in [-0.3, -0.25) is 4.79 Å². The molecule has 3 heterocycles. The third-order valence-corrected chi connectivity index (χ3v) is 19.4. The van der Waals surface area contributed by atoms with Crippen molar-refractivity contribution in [1.82, 2.24) is 12.9 Å². The van der Waals surface area contributed by atoms with Gasteiger partial charge in [0.2, 0.25) is 30.1 Å². The number of rotatable bonds is 12. The quantitative estimate of drug-likeness (QED) is 0.113. The normalized spacial score (nSPS) is 19.6. The Morgan fingerprint density at radius 1 is 0.427 bits per heavy atom. The molecule has 3 aliphatic rings. The van der Waals surface area contributed by atoms with Crippen molar-refractivity contribution in [2.75, 3.05) is 19.6 Å². The molecule has 0 spiro atoms. The second kappa shape index (κ2) is 24.7. The van der Waals surface area contributed by atoms with Gasteiger partial charge in [-0.2, -0.15) is 12.9 Å². The van der Waals surface area contributed by atoms with E-state index in [2.05, 4.69) is 0 Å². The smallest absolute Gasteiger partial charge is 0.243 e. The molecule has 0 radical (unpaired) electrons. The second-order valence-corrected chi connectivity index (χ2v) is 24.9. The molecule has 0 aromatic heterocycles. The molecular weight excluding hydrogens is 1000 g/mol. The fraction of sp³-hybridized carbons (Fsp3) is 0.283. The Hall–Kier alpha value is -6.14. The molecule has 15 heteroatoms. The number of aliphatic hydroxyl groups is 2. The predicted molar refractivity (Wildman–Crippen MR) is 295 cm³/mol. The van der Waals surface area contributed by atoms with Gasteiger partial charge in [0, 0.05) is 25.2 Å². The third kappa shape index (κ3) is 13.6. The number of aryl methyl sites for hydroxylation is 3. The van der Waals surface area contributed by atoms with Gasteiger partial charge in [-0.05, 0) is 125 Å². The highest BCUT2D eigenvalue weighted by atomic mass is 32.2. The zero-order chi connectivity index (χ0) is 54.1. The third-order valence-electron chi connectivity index (χ3n) is 13.8. The van der Waals surface area contributed by atoms with E-state index in [1.165, 1.54) is 19.8 Å². The first-order valence-electron chi connectivity index (χ1n) is 25.0. The average molecular weight is 1070 g/mol. The summed E-state index contributed by atoms with van der Waals surface area (Å²) in [6.07, 6.45) is 6.06. The number of benzene rings is 6. The number of aliphatic hydroxyl groups excluding tert-OH is 2. The van der Waals surface area contributed by atoms with Crippen molar-refractivity contribution >= 4 is 35.9 Å². The number of nitrogens with zero attached hydrogens (tertiary/aromatic N) is 3. The summed E-state index contributed by atoms with van der Waals surface area (Å²) < 4.78 is 84.0. The van der Waals surface area contributed by atoms with Gasteiger partial charge in [-0.1, -0.05) is 162 Å². The van der Waals surface area contributed by atoms with Gasteiger partial charge in [0.25, 0.3) is 0 Å². The predicted octanol–water partition coefficient (Wildman–Crippen LogP) is 10.5. The maximum atomic E-state index is 13.3. The Morgan fingerprint density at radius 2 is 0.693 bits per heavy atom. The van der Waals surface area contributed by atoms with Gasteiger partial charge in [0.05, 0.1) is 45.0 Å². The van der Waals surface area contributed by atoms with Crippen LogP contribution in [0.5, 0.6) is 0 Å². The molecule has 0 fully saturated rings. The summed E-state index contributed by atoms with van der Waals surface area (Å²) in [6.45, 7) is 11.1. The molecule has 0 aliphatic carbocycles. The number of ketones is 1. The topological polar surface area (TPSA) is 170 Å². The maximum Gasteiger partial charge on any atom is 0.243 e. The van der Waals surface area contributed by atoms with Crippen molar-refractivity contribution in [2.45, 2.75) is 106 Å². The van der Waals surface area contributed by atoms with Crippen molar-refractivity contribution in [3.63, 3.8) is 0 Å². The van der Waals surface area contributed by atoms with E-state index in [0.717, 1.165) is 44.5 Å². The number of hydrogen-bond donors (Lipinski definition) is 2. The van der Waals surface area contributed by atoms with Crippen LogP contribution >= 0.6 is 0 Å². The van der Waals surface area contributed by atoms with Gasteiger partial charge in [0.1, 0.15) is 0 Å². The highest BCUT2D eigenvalue weighted by Gasteiger charge is 2.38. The fourth-order valence-electron chi connectivity index (χ4n) is 9.27. The minimum absolute atomic E-state index is 0.0874. The van der Waals surface area contributed by atoms with Gasteiger partial charge in [-0.15, -0.1) is 0 Å². The van der Waals surface area contributed by atoms with E-state index < -0.39 is 42.3 Å². The van der Waals surface area contributed by atoms with Crippen LogP contribution in [0.1, 0.15) is 91.5 Å². The highest BCUT2D eigenvalue weighted by molar-refractivity contribution is 7.89. The zero-order valence-corrected chi connectivity index (χ0v) is 45.7. The Kier molecular flexibility index (Phi) is 18.6. The number of Topliss-reactive ketones (excluding diaryl/α,β-unsaturated/α-hetero) is 1. The lowest BCUT2D eigenvalue weighted by Gasteiger charge is -2.35. The molecule has 0 saturated heterocycles. The van der Waals surface area contributed by atoms with Crippen LogP contribution in [0.15, 0.2) is 213 Å². The van der Waals surface area contributed by atoms with Crippen molar-refractivity contribution in [3.8, 4) is 0 Å². The summed E-state index contributed by atoms with van der Waals surface area (Å²) in [4.78, 5) is 12.6. The number of carbonyl (C=O) groups is 1. The lowest BCUT2D eigenvalue weighted by atomic mass is 9.96. The molecule has 3 unspecified atom stereocenters. The van der Waals surface area contributed by atoms with Crippen LogP contribution in [0.2, 0.25) is 0 Å². The van der Waals surface area contributed by atoms with Gasteiger partial charge in [0.15, 0.2) is 5.78 Å². The molecule has 394 valence electrons. The molecule has 2 N–H and O–H groups in total. The standard InChI is InChI=1S/2C20H23NO3S.C20H21NO3S/c3*1-15-8-11-19(12-9-15)25(23,24)21-14-18(16(2)22)10-13-20(21)17-6-4-3-5-7-17/h2*3-12,16,20,22H,13-14H2,1-2H3;3-12,20H,13-14H2,1-2H3/t2*16?,20-;/m10./s1. The summed E-state index contributed by atoms with van der Waals surface area (Å²) in [5, 5.41) is 19.9. The van der Waals surface area contributed by atoms with Crippen LogP contribution < -0.4 is 0 Å². The van der Waals surface area contributed by atoms with Crippen molar-refractivity contribution in [1.29, 1.82) is 0 Å². The van der Waals surface area contributed by atoms with Crippen LogP contribution in [0.4, 0.5) is 0 Å². The van der Waals surface area contributed by atoms with E-state index in [4.69, 9.17) is 0 Å². The van der Waals surface area contributed by atoms with Crippen molar-refractivity contribution < 1.29 is 40.3 Å². The molecule has 3 aliphatic heterocycles. The number of carbonyl (C=O) groups excluding carboxylic acids is 1. The molecule has 9 rings (SSSR count). The van der Waals surface area contributed by atoms with E-state index in [-0.39, 0.29) is 58.2 Å². The zero-order valence-electron chi connectivity index (χ0n) is 43.3. The largest absolute Gasteiger partial charge is 0.389 e. The van der Waals surface area contributed by atoms with Gasteiger partial charge >= 0.3 is 0 Å². The Morgan fingerprint density at radius 3 is 0.960 bits per heavy atom. The molecule has 12 nitrogen and oxygen atoms in total. The van der Waals surface area contributed by atoms with Crippen molar-refractivity contribution in [2.24, 2.45) is 0 Å². The first-order chi connectivity index (χ1) is 35.7. The molecule has 0 saturated carbocycles. The number of hydrogen-bond acceptors (Lipinski definition) is 9. The summed E-state index contributed by atoms with van der Waals surface area (Å²) >= 11 is 0. The first kappa shape index (κ1) is 56.6. The molecule has 5 atom stereocenters. The molecular formula is C60H67N3O9S3. The van der Waals surface area contributed by atoms with Crippen LogP contribution in [0.25, 0.3) is 0 Å². The molecule has 0 bridgehead atoms.